The predicted molar refractivity (Wildman–Crippen MR) is 66.7 cm³/mol. The van der Waals surface area contributed by atoms with Crippen LogP contribution in [0.4, 0.5) is 0 Å². The van der Waals surface area contributed by atoms with Gasteiger partial charge in [-0.05, 0) is 38.5 Å². The molecule has 2 fully saturated rings. The third-order valence-corrected chi connectivity index (χ3v) is 4.09. The summed E-state index contributed by atoms with van der Waals surface area (Å²) in [7, 11) is 1.83. The topological polar surface area (TPSA) is 24.5 Å². The van der Waals surface area contributed by atoms with Gasteiger partial charge >= 0.3 is 0 Å². The molecule has 0 amide bonds. The zero-order valence-corrected chi connectivity index (χ0v) is 10.7. The number of ether oxygens (including phenoxy) is 1. The molecule has 1 unspecified atom stereocenters. The van der Waals surface area contributed by atoms with Crippen molar-refractivity contribution in [2.75, 3.05) is 33.3 Å². The molecule has 1 saturated heterocycles. The van der Waals surface area contributed by atoms with Crippen molar-refractivity contribution in [1.82, 2.24) is 10.2 Å². The lowest BCUT2D eigenvalue weighted by molar-refractivity contribution is 0.0413. The molecule has 0 bridgehead atoms. The van der Waals surface area contributed by atoms with Crippen LogP contribution in [0, 0.1) is 5.92 Å². The van der Waals surface area contributed by atoms with Crippen molar-refractivity contribution in [2.24, 2.45) is 5.92 Å². The summed E-state index contributed by atoms with van der Waals surface area (Å²) in [5.41, 5.74) is 0. The Morgan fingerprint density at radius 1 is 1.25 bits per heavy atom. The molecule has 1 saturated carbocycles. The molecule has 3 nitrogen and oxygen atoms in total. The van der Waals surface area contributed by atoms with Gasteiger partial charge in [-0.3, -0.25) is 0 Å². The predicted octanol–water partition coefficient (Wildman–Crippen LogP) is 1.49. The van der Waals surface area contributed by atoms with Crippen LogP contribution < -0.4 is 5.32 Å². The molecule has 1 N–H and O–H groups in total. The second-order valence-corrected chi connectivity index (χ2v) is 5.36. The van der Waals surface area contributed by atoms with E-state index in [-0.39, 0.29) is 0 Å². The summed E-state index contributed by atoms with van der Waals surface area (Å²) in [6.07, 6.45) is 5.79. The maximum absolute atomic E-state index is 5.38. The summed E-state index contributed by atoms with van der Waals surface area (Å²) in [6.45, 7) is 7.09. The first-order chi connectivity index (χ1) is 7.79. The number of rotatable bonds is 6. The van der Waals surface area contributed by atoms with Gasteiger partial charge < -0.3 is 15.0 Å². The van der Waals surface area contributed by atoms with Crippen LogP contribution >= 0.6 is 0 Å². The first-order valence-electron chi connectivity index (χ1n) is 6.78. The first kappa shape index (κ1) is 12.3. The average molecular weight is 226 g/mol. The zero-order valence-electron chi connectivity index (χ0n) is 10.7. The van der Waals surface area contributed by atoms with Crippen LogP contribution in [-0.4, -0.2) is 50.3 Å². The molecule has 0 aromatic rings. The van der Waals surface area contributed by atoms with Crippen LogP contribution in [0.5, 0.6) is 0 Å². The summed E-state index contributed by atoms with van der Waals surface area (Å²) < 4.78 is 5.38. The molecule has 0 aromatic heterocycles. The summed E-state index contributed by atoms with van der Waals surface area (Å²) in [5, 5.41) is 3.64. The van der Waals surface area contributed by atoms with Crippen LogP contribution in [0.15, 0.2) is 0 Å². The third kappa shape index (κ3) is 3.72. The van der Waals surface area contributed by atoms with Crippen LogP contribution in [0.1, 0.15) is 32.6 Å². The minimum atomic E-state index is 0.509. The Hall–Kier alpha value is -0.120. The fraction of sp³-hybridized carbons (Fsp3) is 1.00. The molecule has 0 spiro atoms. The van der Waals surface area contributed by atoms with Gasteiger partial charge in [0.15, 0.2) is 0 Å². The maximum atomic E-state index is 5.38. The summed E-state index contributed by atoms with van der Waals surface area (Å²) in [4.78, 5) is 2.56. The number of hydrogen-bond acceptors (Lipinski definition) is 3. The van der Waals surface area contributed by atoms with Gasteiger partial charge in [-0.25, -0.2) is 0 Å². The molecule has 94 valence electrons. The van der Waals surface area contributed by atoms with Gasteiger partial charge in [-0.1, -0.05) is 0 Å². The summed E-state index contributed by atoms with van der Waals surface area (Å²) in [6, 6.07) is 0.733. The van der Waals surface area contributed by atoms with Crippen LogP contribution in [-0.2, 0) is 4.74 Å². The summed E-state index contributed by atoms with van der Waals surface area (Å²) >= 11 is 0. The Balaban J connectivity index is 1.53. The maximum Gasteiger partial charge on any atom is 0.0595 e. The quantitative estimate of drug-likeness (QED) is 0.742. The van der Waals surface area contributed by atoms with Crippen molar-refractivity contribution < 1.29 is 4.74 Å². The second kappa shape index (κ2) is 5.99. The van der Waals surface area contributed by atoms with E-state index in [1.54, 1.807) is 0 Å². The molecular weight excluding hydrogens is 200 g/mol. The highest BCUT2D eigenvalue weighted by atomic mass is 16.5. The van der Waals surface area contributed by atoms with Gasteiger partial charge in [0.2, 0.25) is 0 Å². The van der Waals surface area contributed by atoms with Crippen molar-refractivity contribution in [1.29, 1.82) is 0 Å². The molecule has 1 aliphatic heterocycles. The molecule has 2 aliphatic rings. The van der Waals surface area contributed by atoms with Crippen molar-refractivity contribution in [2.45, 2.75) is 44.8 Å². The molecule has 3 heteroatoms. The minimum Gasteiger partial charge on any atom is -0.381 e. The minimum absolute atomic E-state index is 0.509. The van der Waals surface area contributed by atoms with E-state index in [1.165, 1.54) is 45.3 Å². The number of likely N-dealkylation sites (tertiary alicyclic amines) is 1. The van der Waals surface area contributed by atoms with Gasteiger partial charge in [0.05, 0.1) is 6.10 Å². The average Bonchev–Trinajstić information content (AvgIpc) is 3.14. The standard InChI is InChI=1S/C13H26N2O/c1-11(12-3-4-12)14-7-10-15-8-5-13(16-2)6-9-15/h11-14H,3-10H2,1-2H3. The third-order valence-electron chi connectivity index (χ3n) is 4.09. The highest BCUT2D eigenvalue weighted by Crippen LogP contribution is 2.32. The van der Waals surface area contributed by atoms with E-state index in [9.17, 15) is 0 Å². The largest absolute Gasteiger partial charge is 0.381 e. The van der Waals surface area contributed by atoms with Crippen LogP contribution in [0.3, 0.4) is 0 Å². The number of nitrogens with one attached hydrogen (secondary N) is 1. The van der Waals surface area contributed by atoms with Crippen molar-refractivity contribution >= 4 is 0 Å². The molecule has 2 rings (SSSR count). The fourth-order valence-electron chi connectivity index (χ4n) is 2.58. The van der Waals surface area contributed by atoms with E-state index in [1.807, 2.05) is 7.11 Å². The van der Waals surface area contributed by atoms with Gasteiger partial charge in [0.1, 0.15) is 0 Å². The Morgan fingerprint density at radius 2 is 1.94 bits per heavy atom. The number of nitrogens with zero attached hydrogens (tertiary/aromatic N) is 1. The lowest BCUT2D eigenvalue weighted by Gasteiger charge is -2.31. The van der Waals surface area contributed by atoms with Gasteiger partial charge in [0, 0.05) is 39.3 Å². The Bertz CT molecular complexity index is 198. The Labute approximate surface area is 99.5 Å². The Kier molecular flexibility index (Phi) is 4.62. The van der Waals surface area contributed by atoms with Crippen LogP contribution in [0.25, 0.3) is 0 Å². The molecule has 0 radical (unpaired) electrons. The van der Waals surface area contributed by atoms with E-state index in [4.69, 9.17) is 4.74 Å². The number of hydrogen-bond donors (Lipinski definition) is 1. The zero-order chi connectivity index (χ0) is 11.4. The summed E-state index contributed by atoms with van der Waals surface area (Å²) in [5.74, 6) is 0.972. The van der Waals surface area contributed by atoms with Crippen molar-refractivity contribution in [3.63, 3.8) is 0 Å². The van der Waals surface area contributed by atoms with Gasteiger partial charge in [0.25, 0.3) is 0 Å². The van der Waals surface area contributed by atoms with E-state index in [2.05, 4.69) is 17.1 Å². The molecule has 0 aromatic carbocycles. The molecule has 1 aliphatic carbocycles. The van der Waals surface area contributed by atoms with Crippen LogP contribution in [0.2, 0.25) is 0 Å². The molecule has 1 heterocycles. The van der Waals surface area contributed by atoms with Gasteiger partial charge in [-0.15, -0.1) is 0 Å². The number of piperidine rings is 1. The first-order valence-corrected chi connectivity index (χ1v) is 6.78. The highest BCUT2D eigenvalue weighted by molar-refractivity contribution is 4.83. The monoisotopic (exact) mass is 226 g/mol. The lowest BCUT2D eigenvalue weighted by atomic mass is 10.1. The molecule has 1 atom stereocenters. The molecular formula is C13H26N2O. The number of methoxy groups -OCH3 is 1. The Morgan fingerprint density at radius 3 is 2.50 bits per heavy atom. The molecule has 16 heavy (non-hydrogen) atoms. The van der Waals surface area contributed by atoms with E-state index in [0.717, 1.165) is 18.5 Å². The van der Waals surface area contributed by atoms with Gasteiger partial charge in [-0.2, -0.15) is 0 Å². The normalized spacial score (nSPS) is 25.9. The SMILES string of the molecule is COC1CCN(CCNC(C)C2CC2)CC1. The second-order valence-electron chi connectivity index (χ2n) is 5.36. The van der Waals surface area contributed by atoms with E-state index >= 15 is 0 Å². The lowest BCUT2D eigenvalue weighted by Crippen LogP contribution is -2.42. The van der Waals surface area contributed by atoms with E-state index < -0.39 is 0 Å². The highest BCUT2D eigenvalue weighted by Gasteiger charge is 2.27. The smallest absolute Gasteiger partial charge is 0.0595 e. The van der Waals surface area contributed by atoms with Crippen molar-refractivity contribution in [3.8, 4) is 0 Å². The van der Waals surface area contributed by atoms with Crippen molar-refractivity contribution in [3.05, 3.63) is 0 Å². The van der Waals surface area contributed by atoms with E-state index in [0.29, 0.717) is 6.10 Å². The fourth-order valence-corrected chi connectivity index (χ4v) is 2.58.